The molecule has 3 aromatic carbocycles. The van der Waals surface area contributed by atoms with Gasteiger partial charge in [0, 0.05) is 62.0 Å². The zero-order valence-corrected chi connectivity index (χ0v) is 25.8. The number of amides is 3. The minimum atomic E-state index is -0.741. The summed E-state index contributed by atoms with van der Waals surface area (Å²) in [5, 5.41) is 8.92. The van der Waals surface area contributed by atoms with Crippen molar-refractivity contribution in [3.63, 3.8) is 0 Å². The van der Waals surface area contributed by atoms with E-state index in [2.05, 4.69) is 25.9 Å². The molecule has 1 saturated heterocycles. The molecule has 1 aliphatic heterocycles. The average Bonchev–Trinajstić information content (AvgIpc) is 3.05. The van der Waals surface area contributed by atoms with Crippen LogP contribution in [0.3, 0.4) is 0 Å². The van der Waals surface area contributed by atoms with Gasteiger partial charge in [-0.05, 0) is 62.2 Å². The van der Waals surface area contributed by atoms with Crippen LogP contribution in [-0.2, 0) is 9.59 Å². The van der Waals surface area contributed by atoms with Gasteiger partial charge in [0.2, 0.25) is 17.7 Å². The molecule has 0 unspecified atom stereocenters. The zero-order chi connectivity index (χ0) is 33.3. The van der Waals surface area contributed by atoms with E-state index >= 15 is 4.39 Å². The number of benzene rings is 3. The Morgan fingerprint density at radius 1 is 0.915 bits per heavy atom. The first-order valence-electron chi connectivity index (χ1n) is 15.0. The Morgan fingerprint density at radius 3 is 2.30 bits per heavy atom. The second-order valence-electron chi connectivity index (χ2n) is 10.9. The predicted octanol–water partition coefficient (Wildman–Crippen LogP) is 5.64. The Morgan fingerprint density at radius 2 is 1.62 bits per heavy atom. The lowest BCUT2D eigenvalue weighted by atomic mass is 10.1. The van der Waals surface area contributed by atoms with Crippen LogP contribution in [0, 0.1) is 11.6 Å². The predicted molar refractivity (Wildman–Crippen MR) is 170 cm³/mol. The van der Waals surface area contributed by atoms with Crippen LogP contribution in [0.5, 0.6) is 23.1 Å². The molecule has 1 fully saturated rings. The first-order chi connectivity index (χ1) is 22.7. The molecule has 3 amide bonds. The summed E-state index contributed by atoms with van der Waals surface area (Å²) in [6.45, 7) is 3.75. The third-order valence-corrected chi connectivity index (χ3v) is 7.43. The van der Waals surface area contributed by atoms with E-state index in [0.29, 0.717) is 49.1 Å². The molecule has 5 rings (SSSR count). The summed E-state index contributed by atoms with van der Waals surface area (Å²) in [5.41, 5.74) is 1.10. The number of anilines is 2. The molecule has 1 atom stereocenters. The number of carbonyl (C=O) groups is 3. The second kappa shape index (κ2) is 15.3. The fourth-order valence-electron chi connectivity index (χ4n) is 4.94. The molecule has 47 heavy (non-hydrogen) atoms. The van der Waals surface area contributed by atoms with E-state index in [1.165, 1.54) is 55.9 Å². The summed E-state index contributed by atoms with van der Waals surface area (Å²) in [6.07, 6.45) is 1.95. The highest BCUT2D eigenvalue weighted by molar-refractivity contribution is 5.92. The number of piperazine rings is 1. The third-order valence-electron chi connectivity index (χ3n) is 7.43. The van der Waals surface area contributed by atoms with Gasteiger partial charge in [0.05, 0.1) is 18.0 Å². The Labute approximate surface area is 269 Å². The maximum absolute atomic E-state index is 15.1. The molecule has 1 aliphatic rings. The number of ether oxygens (including phenoxy) is 3. The van der Waals surface area contributed by atoms with E-state index in [0.717, 1.165) is 6.07 Å². The number of rotatable bonds is 11. The summed E-state index contributed by atoms with van der Waals surface area (Å²) in [5.74, 6) is -1.41. The van der Waals surface area contributed by atoms with Crippen LogP contribution in [0.2, 0.25) is 0 Å². The van der Waals surface area contributed by atoms with Gasteiger partial charge in [-0.2, -0.15) is 0 Å². The largest absolute Gasteiger partial charge is 0.493 e. The van der Waals surface area contributed by atoms with Crippen LogP contribution < -0.4 is 30.2 Å². The number of aromatic nitrogens is 2. The van der Waals surface area contributed by atoms with Gasteiger partial charge in [-0.25, -0.2) is 23.5 Å². The van der Waals surface area contributed by atoms with Crippen LogP contribution in [0.15, 0.2) is 60.9 Å². The van der Waals surface area contributed by atoms with E-state index < -0.39 is 17.7 Å². The Hall–Kier alpha value is -5.37. The topological polar surface area (TPSA) is 144 Å². The number of fused-ring (bicyclic) bond motifs is 1. The SMILES string of the molecule is COc1cc2c(Oc3ccc(NC(=O)CCCCC(=O)Nc4ccc(F)cc4)cc3F)ncnc2cc1OC(=O)N1CCNC[C@H]1C. The van der Waals surface area contributed by atoms with Crippen molar-refractivity contribution < 1.29 is 37.4 Å². The number of carbonyl (C=O) groups excluding carboxylic acids is 3. The van der Waals surface area contributed by atoms with Gasteiger partial charge in [-0.3, -0.25) is 9.59 Å². The van der Waals surface area contributed by atoms with Crippen molar-refractivity contribution >= 4 is 40.2 Å². The van der Waals surface area contributed by atoms with Crippen LogP contribution in [0.4, 0.5) is 25.0 Å². The first-order valence-corrected chi connectivity index (χ1v) is 15.0. The molecule has 14 heteroatoms. The minimum absolute atomic E-state index is 0.0413. The highest BCUT2D eigenvalue weighted by atomic mass is 19.1. The fourth-order valence-corrected chi connectivity index (χ4v) is 4.94. The monoisotopic (exact) mass is 648 g/mol. The lowest BCUT2D eigenvalue weighted by Crippen LogP contribution is -2.53. The van der Waals surface area contributed by atoms with Crippen LogP contribution in [0.1, 0.15) is 32.6 Å². The van der Waals surface area contributed by atoms with E-state index in [9.17, 15) is 18.8 Å². The molecule has 0 spiro atoms. The Bertz CT molecular complexity index is 1760. The summed E-state index contributed by atoms with van der Waals surface area (Å²) < 4.78 is 45.0. The number of halogens is 2. The molecule has 0 saturated carbocycles. The Kier molecular flexibility index (Phi) is 10.7. The summed E-state index contributed by atoms with van der Waals surface area (Å²) >= 11 is 0. The molecule has 246 valence electrons. The smallest absolute Gasteiger partial charge is 0.415 e. The highest BCUT2D eigenvalue weighted by Crippen LogP contribution is 2.37. The molecular formula is C33H34F2N6O6. The van der Waals surface area contributed by atoms with Crippen molar-refractivity contribution in [2.24, 2.45) is 0 Å². The van der Waals surface area contributed by atoms with Crippen molar-refractivity contribution in [2.75, 3.05) is 37.4 Å². The third kappa shape index (κ3) is 8.67. The molecule has 0 bridgehead atoms. The number of unbranched alkanes of at least 4 members (excludes halogenated alkanes) is 1. The van der Waals surface area contributed by atoms with Gasteiger partial charge in [0.1, 0.15) is 12.1 Å². The van der Waals surface area contributed by atoms with Gasteiger partial charge in [-0.1, -0.05) is 0 Å². The molecule has 0 radical (unpaired) electrons. The molecule has 3 N–H and O–H groups in total. The van der Waals surface area contributed by atoms with Crippen molar-refractivity contribution in [3.05, 3.63) is 72.6 Å². The maximum Gasteiger partial charge on any atom is 0.415 e. The molecule has 1 aromatic heterocycles. The average molecular weight is 649 g/mol. The summed E-state index contributed by atoms with van der Waals surface area (Å²) in [4.78, 5) is 47.3. The van der Waals surface area contributed by atoms with Gasteiger partial charge in [0.15, 0.2) is 23.1 Å². The number of nitrogens with zero attached hydrogens (tertiary/aromatic N) is 3. The highest BCUT2D eigenvalue weighted by Gasteiger charge is 2.26. The quantitative estimate of drug-likeness (QED) is 0.176. The van der Waals surface area contributed by atoms with Crippen molar-refractivity contribution in [1.82, 2.24) is 20.2 Å². The lowest BCUT2D eigenvalue weighted by molar-refractivity contribution is -0.118. The van der Waals surface area contributed by atoms with Gasteiger partial charge >= 0.3 is 6.09 Å². The number of hydrogen-bond acceptors (Lipinski definition) is 9. The standard InChI is InChI=1S/C33H34F2N6O6/c1-20-18-36-13-14-41(20)33(44)47-29-17-26-24(16-28(29)45-2)32(38-19-37-26)46-27-12-11-23(15-25(27)35)40-31(43)6-4-3-5-30(42)39-22-9-7-21(34)8-10-22/h7-12,15-17,19-20,36H,3-6,13-14,18H2,1-2H3,(H,39,42)(H,40,43)/t20-/m1/s1. The number of nitrogens with one attached hydrogen (secondary N) is 3. The van der Waals surface area contributed by atoms with E-state index in [-0.39, 0.29) is 59.5 Å². The van der Waals surface area contributed by atoms with Crippen molar-refractivity contribution in [3.8, 4) is 23.1 Å². The van der Waals surface area contributed by atoms with E-state index in [1.807, 2.05) is 6.92 Å². The summed E-state index contributed by atoms with van der Waals surface area (Å²) in [7, 11) is 1.43. The number of hydrogen-bond donors (Lipinski definition) is 3. The van der Waals surface area contributed by atoms with Gasteiger partial charge < -0.3 is 35.1 Å². The fraction of sp³-hybridized carbons (Fsp3) is 0.303. The zero-order valence-electron chi connectivity index (χ0n) is 25.8. The maximum atomic E-state index is 15.1. The first kappa shape index (κ1) is 33.0. The van der Waals surface area contributed by atoms with E-state index in [4.69, 9.17) is 14.2 Å². The van der Waals surface area contributed by atoms with Crippen LogP contribution in [0.25, 0.3) is 10.9 Å². The van der Waals surface area contributed by atoms with Gasteiger partial charge in [-0.15, -0.1) is 0 Å². The summed E-state index contributed by atoms with van der Waals surface area (Å²) in [6, 6.07) is 12.5. The van der Waals surface area contributed by atoms with Crippen molar-refractivity contribution in [2.45, 2.75) is 38.6 Å². The second-order valence-corrected chi connectivity index (χ2v) is 10.9. The Balaban J connectivity index is 1.16. The van der Waals surface area contributed by atoms with E-state index in [1.54, 1.807) is 11.0 Å². The van der Waals surface area contributed by atoms with Crippen LogP contribution in [-0.4, -0.2) is 65.6 Å². The molecule has 2 heterocycles. The molecular weight excluding hydrogens is 614 g/mol. The normalized spacial score (nSPS) is 14.4. The van der Waals surface area contributed by atoms with Gasteiger partial charge in [0.25, 0.3) is 0 Å². The van der Waals surface area contributed by atoms with Crippen molar-refractivity contribution in [1.29, 1.82) is 0 Å². The minimum Gasteiger partial charge on any atom is -0.493 e. The molecule has 4 aromatic rings. The number of methoxy groups -OCH3 is 1. The molecule has 12 nitrogen and oxygen atoms in total. The lowest BCUT2D eigenvalue weighted by Gasteiger charge is -2.33. The van der Waals surface area contributed by atoms with Crippen LogP contribution >= 0.6 is 0 Å². The molecule has 0 aliphatic carbocycles.